The highest BCUT2D eigenvalue weighted by Crippen LogP contribution is 2.21. The lowest BCUT2D eigenvalue weighted by Crippen LogP contribution is -2.16. The topological polar surface area (TPSA) is 93.2 Å². The van der Waals surface area contributed by atoms with Crippen molar-refractivity contribution < 1.29 is 14.3 Å². The second kappa shape index (κ2) is 2.91. The van der Waals surface area contributed by atoms with E-state index in [1.807, 2.05) is 0 Å². The maximum Gasteiger partial charge on any atom is 0.327 e. The van der Waals surface area contributed by atoms with Crippen molar-refractivity contribution in [1.29, 1.82) is 5.41 Å². The van der Waals surface area contributed by atoms with Gasteiger partial charge < -0.3 is 10.5 Å². The zero-order chi connectivity index (χ0) is 8.43. The van der Waals surface area contributed by atoms with Crippen LogP contribution in [-0.2, 0) is 14.3 Å². The van der Waals surface area contributed by atoms with E-state index in [-0.39, 0.29) is 11.6 Å². The van der Waals surface area contributed by atoms with Crippen molar-refractivity contribution in [2.45, 2.75) is 11.7 Å². The molecule has 6 heteroatoms. The normalized spacial score (nSPS) is 23.5. The summed E-state index contributed by atoms with van der Waals surface area (Å²) in [6.45, 7) is 0. The van der Waals surface area contributed by atoms with Gasteiger partial charge in [0.1, 0.15) is 5.25 Å². The minimum Gasteiger partial charge on any atom is -0.392 e. The van der Waals surface area contributed by atoms with Gasteiger partial charge in [0.05, 0.1) is 6.42 Å². The second-order valence-electron chi connectivity index (χ2n) is 1.97. The molecule has 0 spiro atoms. The quantitative estimate of drug-likeness (QED) is 0.241. The summed E-state index contributed by atoms with van der Waals surface area (Å²) in [5.41, 5.74) is 5.01. The molecule has 1 aliphatic heterocycles. The number of carbonyl (C=O) groups is 2. The maximum atomic E-state index is 10.7. The van der Waals surface area contributed by atoms with Crippen LogP contribution in [-0.4, -0.2) is 22.4 Å². The zero-order valence-electron chi connectivity index (χ0n) is 5.49. The lowest BCUT2D eigenvalue weighted by Gasteiger charge is -1.99. The molecule has 1 fully saturated rings. The third kappa shape index (κ3) is 1.94. The van der Waals surface area contributed by atoms with Gasteiger partial charge in [-0.05, 0) is 0 Å². The first kappa shape index (κ1) is 8.06. The molecule has 1 saturated heterocycles. The van der Waals surface area contributed by atoms with Crippen LogP contribution in [0.4, 0.5) is 0 Å². The van der Waals surface area contributed by atoms with E-state index in [1.165, 1.54) is 0 Å². The molecular formula is C5H6N2O3S. The largest absolute Gasteiger partial charge is 0.392 e. The molecule has 5 nitrogen and oxygen atoms in total. The third-order valence-electron chi connectivity index (χ3n) is 1.10. The summed E-state index contributed by atoms with van der Waals surface area (Å²) < 4.78 is 4.22. The predicted octanol–water partition coefficient (Wildman–Crippen LogP) is -0.545. The second-order valence-corrected chi connectivity index (χ2v) is 3.21. The summed E-state index contributed by atoms with van der Waals surface area (Å²) in [4.78, 5) is 21.2. The summed E-state index contributed by atoms with van der Waals surface area (Å²) in [5.74, 6) is -1.15. The molecule has 0 amide bonds. The van der Waals surface area contributed by atoms with Gasteiger partial charge in [-0.25, -0.2) is 0 Å². The van der Waals surface area contributed by atoms with Crippen molar-refractivity contribution in [2.24, 2.45) is 5.73 Å². The standard InChI is InChI=1S/C5H6N2O3S/c6-5(7)11-2-1-3(8)10-4(2)9/h2H,1H2,(H3,6,7). The number of hydrogen-bond acceptors (Lipinski definition) is 5. The Morgan fingerprint density at radius 2 is 2.36 bits per heavy atom. The lowest BCUT2D eigenvalue weighted by molar-refractivity contribution is -0.151. The van der Waals surface area contributed by atoms with Crippen molar-refractivity contribution in [3.63, 3.8) is 0 Å². The Morgan fingerprint density at radius 1 is 1.73 bits per heavy atom. The Hall–Kier alpha value is -1.04. The number of hydrogen-bond donors (Lipinski definition) is 2. The van der Waals surface area contributed by atoms with Gasteiger partial charge in [0.2, 0.25) is 0 Å². The van der Waals surface area contributed by atoms with Crippen molar-refractivity contribution in [3.05, 3.63) is 0 Å². The zero-order valence-corrected chi connectivity index (χ0v) is 6.31. The van der Waals surface area contributed by atoms with Crippen LogP contribution >= 0.6 is 11.8 Å². The van der Waals surface area contributed by atoms with E-state index in [9.17, 15) is 9.59 Å². The van der Waals surface area contributed by atoms with Gasteiger partial charge in [-0.1, -0.05) is 11.8 Å². The molecule has 0 aromatic carbocycles. The van der Waals surface area contributed by atoms with E-state index in [2.05, 4.69) is 4.74 Å². The lowest BCUT2D eigenvalue weighted by atomic mass is 10.4. The van der Waals surface area contributed by atoms with Crippen LogP contribution in [0.2, 0.25) is 0 Å². The van der Waals surface area contributed by atoms with Gasteiger partial charge in [0.25, 0.3) is 0 Å². The van der Waals surface area contributed by atoms with Gasteiger partial charge in [0, 0.05) is 0 Å². The van der Waals surface area contributed by atoms with Crippen LogP contribution in [0.5, 0.6) is 0 Å². The molecule has 1 atom stereocenters. The molecule has 0 aliphatic carbocycles. The fourth-order valence-corrected chi connectivity index (χ4v) is 1.37. The number of ether oxygens (including phenoxy) is 1. The minimum absolute atomic E-state index is 0.0169. The molecule has 1 aliphatic rings. The summed E-state index contributed by atoms with van der Waals surface area (Å²) in [6, 6.07) is 0. The number of carbonyl (C=O) groups excluding carboxylic acids is 2. The fourth-order valence-electron chi connectivity index (χ4n) is 0.697. The number of rotatable bonds is 1. The number of esters is 2. The van der Waals surface area contributed by atoms with Crippen LogP contribution < -0.4 is 5.73 Å². The number of cyclic esters (lactones) is 2. The molecule has 0 aromatic heterocycles. The number of nitrogens with two attached hydrogens (primary N) is 1. The molecule has 1 heterocycles. The van der Waals surface area contributed by atoms with E-state index in [0.29, 0.717) is 0 Å². The Morgan fingerprint density at radius 3 is 2.73 bits per heavy atom. The monoisotopic (exact) mass is 174 g/mol. The Labute approximate surface area is 66.8 Å². The van der Waals surface area contributed by atoms with Crippen molar-refractivity contribution in [2.75, 3.05) is 0 Å². The maximum absolute atomic E-state index is 10.7. The molecule has 0 radical (unpaired) electrons. The first-order chi connectivity index (χ1) is 5.09. The minimum atomic E-state index is -0.611. The average molecular weight is 174 g/mol. The number of thioether (sulfide) groups is 1. The Kier molecular flexibility index (Phi) is 2.13. The highest BCUT2D eigenvalue weighted by molar-refractivity contribution is 8.14. The smallest absolute Gasteiger partial charge is 0.327 e. The van der Waals surface area contributed by atoms with Gasteiger partial charge in [0.15, 0.2) is 5.17 Å². The van der Waals surface area contributed by atoms with E-state index >= 15 is 0 Å². The fraction of sp³-hybridized carbons (Fsp3) is 0.400. The van der Waals surface area contributed by atoms with Gasteiger partial charge in [-0.2, -0.15) is 0 Å². The van der Waals surface area contributed by atoms with Crippen molar-refractivity contribution in [1.82, 2.24) is 0 Å². The molecule has 60 valence electrons. The van der Waals surface area contributed by atoms with Crippen molar-refractivity contribution in [3.8, 4) is 0 Å². The number of amidine groups is 1. The van der Waals surface area contributed by atoms with Crippen LogP contribution in [0.15, 0.2) is 0 Å². The molecule has 1 rings (SSSR count). The van der Waals surface area contributed by atoms with Gasteiger partial charge in [-0.15, -0.1) is 0 Å². The van der Waals surface area contributed by atoms with E-state index in [4.69, 9.17) is 11.1 Å². The molecule has 0 bridgehead atoms. The average Bonchev–Trinajstić information content (AvgIpc) is 2.09. The first-order valence-corrected chi connectivity index (χ1v) is 3.73. The Balaban J connectivity index is 2.53. The SMILES string of the molecule is N=C(N)SC1CC(=O)OC1=O. The molecule has 3 N–H and O–H groups in total. The van der Waals surface area contributed by atoms with E-state index in [0.717, 1.165) is 11.8 Å². The summed E-state index contributed by atoms with van der Waals surface area (Å²) in [6.07, 6.45) is 0.0169. The van der Waals surface area contributed by atoms with E-state index in [1.54, 1.807) is 0 Å². The molecule has 0 aromatic rings. The molecule has 0 saturated carbocycles. The van der Waals surface area contributed by atoms with Crippen LogP contribution in [0.25, 0.3) is 0 Å². The van der Waals surface area contributed by atoms with Gasteiger partial charge >= 0.3 is 11.9 Å². The van der Waals surface area contributed by atoms with Crippen LogP contribution in [0.1, 0.15) is 6.42 Å². The molecule has 11 heavy (non-hydrogen) atoms. The van der Waals surface area contributed by atoms with Crippen LogP contribution in [0.3, 0.4) is 0 Å². The first-order valence-electron chi connectivity index (χ1n) is 2.85. The number of nitrogens with one attached hydrogen (secondary N) is 1. The third-order valence-corrected chi connectivity index (χ3v) is 2.00. The Bertz CT molecular complexity index is 228. The van der Waals surface area contributed by atoms with Gasteiger partial charge in [-0.3, -0.25) is 15.0 Å². The summed E-state index contributed by atoms with van der Waals surface area (Å²) in [7, 11) is 0. The summed E-state index contributed by atoms with van der Waals surface area (Å²) >= 11 is 0.840. The van der Waals surface area contributed by atoms with Crippen LogP contribution in [0, 0.1) is 5.41 Å². The molecular weight excluding hydrogens is 168 g/mol. The molecule has 1 unspecified atom stereocenters. The summed E-state index contributed by atoms with van der Waals surface area (Å²) in [5, 5.41) is 6.05. The van der Waals surface area contributed by atoms with E-state index < -0.39 is 17.2 Å². The highest BCUT2D eigenvalue weighted by atomic mass is 32.2. The predicted molar refractivity (Wildman–Crippen MR) is 39.0 cm³/mol. The van der Waals surface area contributed by atoms with Crippen molar-refractivity contribution >= 4 is 28.9 Å². The highest BCUT2D eigenvalue weighted by Gasteiger charge is 2.34.